The van der Waals surface area contributed by atoms with Gasteiger partial charge in [0.25, 0.3) is 0 Å². The van der Waals surface area contributed by atoms with Crippen molar-refractivity contribution in [2.24, 2.45) is 4.99 Å². The molecule has 0 aromatic heterocycles. The number of ether oxygens (including phenoxy) is 2. The van der Waals surface area contributed by atoms with E-state index < -0.39 is 0 Å². The van der Waals surface area contributed by atoms with Gasteiger partial charge < -0.3 is 19.7 Å². The highest BCUT2D eigenvalue weighted by Gasteiger charge is 2.09. The molecule has 5 heteroatoms. The number of aliphatic imine (C=N–C) groups is 1. The molecule has 0 atom stereocenters. The van der Waals surface area contributed by atoms with E-state index in [1.165, 1.54) is 7.11 Å². The van der Waals surface area contributed by atoms with Crippen LogP contribution in [0, 0.1) is 6.92 Å². The topological polar surface area (TPSA) is 71.3 Å². The molecular weight excluding hydrogens is 282 g/mol. The highest BCUT2D eigenvalue weighted by Crippen LogP contribution is 2.30. The second-order valence-corrected chi connectivity index (χ2v) is 4.81. The molecule has 116 valence electrons. The Morgan fingerprint density at radius 1 is 1.09 bits per heavy atom. The van der Waals surface area contributed by atoms with Gasteiger partial charge in [0.15, 0.2) is 0 Å². The first-order valence-electron chi connectivity index (χ1n) is 6.78. The Kier molecular flexibility index (Phi) is 5.01. The molecule has 0 aliphatic carbocycles. The van der Waals surface area contributed by atoms with Gasteiger partial charge in [-0.05, 0) is 36.8 Å². The van der Waals surface area contributed by atoms with Gasteiger partial charge in [0.1, 0.15) is 22.9 Å². The smallest absolute Gasteiger partial charge is 0.141 e. The van der Waals surface area contributed by atoms with Crippen LogP contribution in [-0.2, 0) is 6.61 Å². The Bertz CT molecular complexity index is 695. The minimum Gasteiger partial charge on any atom is -0.506 e. The molecule has 0 heterocycles. The minimum atomic E-state index is -0.143. The molecule has 22 heavy (non-hydrogen) atoms. The van der Waals surface area contributed by atoms with Crippen LogP contribution in [0.3, 0.4) is 0 Å². The van der Waals surface area contributed by atoms with E-state index in [0.29, 0.717) is 28.3 Å². The summed E-state index contributed by atoms with van der Waals surface area (Å²) in [7, 11) is 3.08. The van der Waals surface area contributed by atoms with Gasteiger partial charge in [-0.15, -0.1) is 0 Å². The lowest BCUT2D eigenvalue weighted by atomic mass is 10.1. The van der Waals surface area contributed by atoms with Gasteiger partial charge in [0.05, 0.1) is 20.8 Å². The molecule has 0 bridgehead atoms. The number of rotatable bonds is 5. The highest BCUT2D eigenvalue weighted by atomic mass is 16.5. The van der Waals surface area contributed by atoms with Crippen LogP contribution in [0.2, 0.25) is 0 Å². The first-order valence-corrected chi connectivity index (χ1v) is 6.78. The summed E-state index contributed by atoms with van der Waals surface area (Å²) in [5.41, 5.74) is 2.76. The van der Waals surface area contributed by atoms with Crippen LogP contribution in [0.15, 0.2) is 35.3 Å². The van der Waals surface area contributed by atoms with Gasteiger partial charge >= 0.3 is 0 Å². The predicted octanol–water partition coefficient (Wildman–Crippen LogP) is 2.96. The van der Waals surface area contributed by atoms with Crippen LogP contribution >= 0.6 is 0 Å². The van der Waals surface area contributed by atoms with E-state index in [-0.39, 0.29) is 12.4 Å². The number of aliphatic hydroxyl groups is 1. The Hall–Kier alpha value is -2.53. The van der Waals surface area contributed by atoms with Crippen molar-refractivity contribution in [3.05, 3.63) is 47.0 Å². The van der Waals surface area contributed by atoms with Gasteiger partial charge in [-0.25, -0.2) is 0 Å². The summed E-state index contributed by atoms with van der Waals surface area (Å²) in [4.78, 5) is 4.28. The van der Waals surface area contributed by atoms with Gasteiger partial charge in [-0.2, -0.15) is 0 Å². The van der Waals surface area contributed by atoms with Crippen LogP contribution < -0.4 is 9.47 Å². The van der Waals surface area contributed by atoms with E-state index >= 15 is 0 Å². The number of methoxy groups -OCH3 is 2. The van der Waals surface area contributed by atoms with Crippen molar-refractivity contribution < 1.29 is 19.7 Å². The summed E-state index contributed by atoms with van der Waals surface area (Å²) in [6.07, 6.45) is 1.59. The summed E-state index contributed by atoms with van der Waals surface area (Å²) in [5.74, 6) is 1.24. The maximum atomic E-state index is 9.88. The number of phenolic OH excluding ortho intramolecular Hbond substituents is 1. The Morgan fingerprint density at radius 3 is 2.41 bits per heavy atom. The number of benzene rings is 2. The van der Waals surface area contributed by atoms with Crippen LogP contribution in [0.1, 0.15) is 16.7 Å². The molecule has 0 aliphatic rings. The molecule has 0 saturated heterocycles. The molecule has 5 nitrogen and oxygen atoms in total. The second-order valence-electron chi connectivity index (χ2n) is 4.81. The fourth-order valence-corrected chi connectivity index (χ4v) is 2.09. The third-order valence-corrected chi connectivity index (χ3v) is 3.28. The number of hydrogen-bond acceptors (Lipinski definition) is 5. The summed E-state index contributed by atoms with van der Waals surface area (Å²) < 4.78 is 10.5. The molecule has 0 saturated carbocycles. The number of aryl methyl sites for hydroxylation is 1. The molecule has 0 aliphatic heterocycles. The molecule has 2 N–H and O–H groups in total. The average molecular weight is 301 g/mol. The lowest BCUT2D eigenvalue weighted by Crippen LogP contribution is -1.98. The van der Waals surface area contributed by atoms with Gasteiger partial charge in [-0.3, -0.25) is 4.99 Å². The van der Waals surface area contributed by atoms with Crippen molar-refractivity contribution in [3.8, 4) is 17.2 Å². The fraction of sp³-hybridized carbons (Fsp3) is 0.235. The zero-order chi connectivity index (χ0) is 16.1. The molecule has 2 aromatic carbocycles. The van der Waals surface area contributed by atoms with Crippen LogP contribution in [0.25, 0.3) is 0 Å². The van der Waals surface area contributed by atoms with E-state index in [1.54, 1.807) is 37.6 Å². The molecule has 0 radical (unpaired) electrons. The molecule has 0 fully saturated rings. The zero-order valence-corrected chi connectivity index (χ0v) is 12.8. The average Bonchev–Trinajstić information content (AvgIpc) is 2.53. The Balaban J connectivity index is 2.41. The molecule has 2 aromatic rings. The van der Waals surface area contributed by atoms with Crippen molar-refractivity contribution in [1.82, 2.24) is 0 Å². The molecular formula is C17H19NO4. The van der Waals surface area contributed by atoms with Crippen molar-refractivity contribution in [1.29, 1.82) is 0 Å². The zero-order valence-electron chi connectivity index (χ0n) is 12.8. The fourth-order valence-electron chi connectivity index (χ4n) is 2.09. The lowest BCUT2D eigenvalue weighted by Gasteiger charge is -2.11. The van der Waals surface area contributed by atoms with Crippen molar-refractivity contribution in [2.75, 3.05) is 14.2 Å². The van der Waals surface area contributed by atoms with Gasteiger partial charge in [0.2, 0.25) is 0 Å². The van der Waals surface area contributed by atoms with E-state index in [4.69, 9.17) is 9.47 Å². The molecule has 0 spiro atoms. The third-order valence-electron chi connectivity index (χ3n) is 3.28. The highest BCUT2D eigenvalue weighted by molar-refractivity contribution is 5.87. The van der Waals surface area contributed by atoms with E-state index in [1.807, 2.05) is 13.0 Å². The van der Waals surface area contributed by atoms with E-state index in [9.17, 15) is 10.2 Å². The summed E-state index contributed by atoms with van der Waals surface area (Å²) in [6, 6.07) is 8.71. The van der Waals surface area contributed by atoms with Crippen LogP contribution in [0.5, 0.6) is 17.2 Å². The number of hydrogen-bond donors (Lipinski definition) is 2. The van der Waals surface area contributed by atoms with Gasteiger partial charge in [-0.1, -0.05) is 6.07 Å². The Morgan fingerprint density at radius 2 is 1.82 bits per heavy atom. The number of aliphatic hydroxyl groups excluding tert-OH is 1. The maximum absolute atomic E-state index is 9.88. The summed E-state index contributed by atoms with van der Waals surface area (Å²) in [6.45, 7) is 1.75. The summed E-state index contributed by atoms with van der Waals surface area (Å²) in [5, 5.41) is 19.2. The standard InChI is InChI=1S/C17H19NO4/c1-11-4-5-14(15(20)6-11)18-9-12-7-17(22-3)13(10-19)8-16(12)21-2/h4-9,19-20H,10H2,1-3H3. The van der Waals surface area contributed by atoms with E-state index in [0.717, 1.165) is 5.56 Å². The monoisotopic (exact) mass is 301 g/mol. The number of nitrogens with zero attached hydrogens (tertiary/aromatic N) is 1. The predicted molar refractivity (Wildman–Crippen MR) is 85.6 cm³/mol. The van der Waals surface area contributed by atoms with Crippen LogP contribution in [0.4, 0.5) is 5.69 Å². The van der Waals surface area contributed by atoms with Crippen LogP contribution in [-0.4, -0.2) is 30.6 Å². The maximum Gasteiger partial charge on any atom is 0.141 e. The SMILES string of the molecule is COc1cc(CO)c(OC)cc1C=Nc1ccc(C)cc1O. The normalized spacial score (nSPS) is 10.9. The number of phenols is 1. The van der Waals surface area contributed by atoms with Crippen molar-refractivity contribution >= 4 is 11.9 Å². The van der Waals surface area contributed by atoms with Crippen molar-refractivity contribution in [3.63, 3.8) is 0 Å². The Labute approximate surface area is 129 Å². The minimum absolute atomic E-state index is 0.120. The molecule has 2 rings (SSSR count). The molecule has 0 unspecified atom stereocenters. The van der Waals surface area contributed by atoms with Crippen molar-refractivity contribution in [2.45, 2.75) is 13.5 Å². The van der Waals surface area contributed by atoms with E-state index in [2.05, 4.69) is 4.99 Å². The first-order chi connectivity index (χ1) is 10.6. The quantitative estimate of drug-likeness (QED) is 0.833. The third kappa shape index (κ3) is 3.38. The first kappa shape index (κ1) is 15.9. The number of aromatic hydroxyl groups is 1. The summed E-state index contributed by atoms with van der Waals surface area (Å²) >= 11 is 0. The largest absolute Gasteiger partial charge is 0.506 e. The molecule has 0 amide bonds. The lowest BCUT2D eigenvalue weighted by molar-refractivity contribution is 0.272. The van der Waals surface area contributed by atoms with Gasteiger partial charge in [0, 0.05) is 17.3 Å². The second kappa shape index (κ2) is 6.95.